The lowest BCUT2D eigenvalue weighted by Gasteiger charge is -2.21. The van der Waals surface area contributed by atoms with Gasteiger partial charge in [0.1, 0.15) is 0 Å². The van der Waals surface area contributed by atoms with E-state index < -0.39 is 0 Å². The van der Waals surface area contributed by atoms with Gasteiger partial charge in [0.15, 0.2) is 0 Å². The summed E-state index contributed by atoms with van der Waals surface area (Å²) in [5, 5.41) is 3.50. The topological polar surface area (TPSA) is 15.3 Å². The fourth-order valence-electron chi connectivity index (χ4n) is 3.28. The molecule has 1 saturated carbocycles. The highest BCUT2D eigenvalue weighted by Gasteiger charge is 2.35. The van der Waals surface area contributed by atoms with Crippen molar-refractivity contribution < 1.29 is 0 Å². The average molecular weight is 196 g/mol. The summed E-state index contributed by atoms with van der Waals surface area (Å²) in [5.41, 5.74) is 0. The first-order valence-corrected chi connectivity index (χ1v) is 6.25. The van der Waals surface area contributed by atoms with E-state index in [1.165, 1.54) is 38.9 Å². The van der Waals surface area contributed by atoms with Crippen LogP contribution in [0.3, 0.4) is 0 Å². The van der Waals surface area contributed by atoms with Crippen LogP contribution in [0, 0.1) is 11.8 Å². The summed E-state index contributed by atoms with van der Waals surface area (Å²) in [5.74, 6) is 2.09. The van der Waals surface area contributed by atoms with Gasteiger partial charge >= 0.3 is 0 Å². The molecule has 2 aliphatic rings. The van der Waals surface area contributed by atoms with Crippen LogP contribution in [0.5, 0.6) is 0 Å². The third kappa shape index (κ3) is 2.29. The number of nitrogens with one attached hydrogen (secondary N) is 1. The van der Waals surface area contributed by atoms with Gasteiger partial charge in [-0.3, -0.25) is 0 Å². The van der Waals surface area contributed by atoms with E-state index in [0.717, 1.165) is 18.4 Å². The lowest BCUT2D eigenvalue weighted by Crippen LogP contribution is -2.38. The number of hydrogen-bond acceptors (Lipinski definition) is 2. The number of likely N-dealkylation sites (N-methyl/N-ethyl adjacent to an activating group) is 1. The van der Waals surface area contributed by atoms with Crippen LogP contribution in [0.1, 0.15) is 33.1 Å². The minimum atomic E-state index is 0.666. The Bertz CT molecular complexity index is 169. The molecule has 1 N–H and O–H groups in total. The largest absolute Gasteiger partial charge is 0.313 e. The van der Waals surface area contributed by atoms with Crippen LogP contribution in [0.2, 0.25) is 0 Å². The van der Waals surface area contributed by atoms with E-state index in [1.807, 2.05) is 0 Å². The van der Waals surface area contributed by atoms with Crippen molar-refractivity contribution in [1.82, 2.24) is 10.2 Å². The quantitative estimate of drug-likeness (QED) is 0.736. The van der Waals surface area contributed by atoms with Crippen molar-refractivity contribution >= 4 is 0 Å². The highest BCUT2D eigenvalue weighted by molar-refractivity contribution is 4.89. The van der Waals surface area contributed by atoms with Gasteiger partial charge in [-0.25, -0.2) is 0 Å². The molecule has 82 valence electrons. The second kappa shape index (κ2) is 4.63. The molecular formula is C12H24N2. The van der Waals surface area contributed by atoms with E-state index in [4.69, 9.17) is 0 Å². The second-order valence-electron chi connectivity index (χ2n) is 5.13. The molecule has 2 nitrogen and oxygen atoms in total. The molecule has 0 radical (unpaired) electrons. The molecule has 0 amide bonds. The minimum Gasteiger partial charge on any atom is -0.313 e. The van der Waals surface area contributed by atoms with Crippen LogP contribution >= 0.6 is 0 Å². The van der Waals surface area contributed by atoms with Gasteiger partial charge in [0, 0.05) is 25.7 Å². The Morgan fingerprint density at radius 2 is 1.93 bits per heavy atom. The molecule has 2 heteroatoms. The number of hydrogen-bond donors (Lipinski definition) is 1. The molecule has 0 spiro atoms. The smallest absolute Gasteiger partial charge is 0.0166 e. The van der Waals surface area contributed by atoms with Gasteiger partial charge in [0.25, 0.3) is 0 Å². The monoisotopic (exact) mass is 196 g/mol. The van der Waals surface area contributed by atoms with E-state index in [0.29, 0.717) is 6.04 Å². The predicted molar refractivity (Wildman–Crippen MR) is 60.4 cm³/mol. The van der Waals surface area contributed by atoms with Gasteiger partial charge < -0.3 is 10.2 Å². The molecule has 1 saturated heterocycles. The summed E-state index contributed by atoms with van der Waals surface area (Å²) < 4.78 is 0. The number of nitrogens with zero attached hydrogens (tertiary/aromatic N) is 1. The first-order chi connectivity index (χ1) is 6.79. The maximum Gasteiger partial charge on any atom is 0.0166 e. The zero-order chi connectivity index (χ0) is 9.97. The number of likely N-dealkylation sites (tertiary alicyclic amines) is 1. The molecule has 2 fully saturated rings. The third-order valence-corrected chi connectivity index (χ3v) is 3.89. The van der Waals surface area contributed by atoms with Gasteiger partial charge in [-0.2, -0.15) is 0 Å². The van der Waals surface area contributed by atoms with Gasteiger partial charge in [0.05, 0.1) is 0 Å². The minimum absolute atomic E-state index is 0.666. The maximum atomic E-state index is 3.50. The van der Waals surface area contributed by atoms with Crippen LogP contribution in [-0.2, 0) is 0 Å². The molecular weight excluding hydrogens is 172 g/mol. The van der Waals surface area contributed by atoms with Crippen molar-refractivity contribution in [3.05, 3.63) is 0 Å². The summed E-state index contributed by atoms with van der Waals surface area (Å²) in [7, 11) is 0. The van der Waals surface area contributed by atoms with Gasteiger partial charge in [0.2, 0.25) is 0 Å². The highest BCUT2D eigenvalue weighted by atomic mass is 15.2. The van der Waals surface area contributed by atoms with Crippen molar-refractivity contribution in [3.8, 4) is 0 Å². The predicted octanol–water partition coefficient (Wildman–Crippen LogP) is 1.72. The summed E-state index contributed by atoms with van der Waals surface area (Å²) in [6, 6.07) is 0.666. The lowest BCUT2D eigenvalue weighted by molar-refractivity contribution is 0.280. The van der Waals surface area contributed by atoms with Crippen molar-refractivity contribution in [2.75, 3.05) is 26.2 Å². The second-order valence-corrected chi connectivity index (χ2v) is 5.13. The first kappa shape index (κ1) is 10.4. The maximum absolute atomic E-state index is 3.50. The summed E-state index contributed by atoms with van der Waals surface area (Å²) in [6.45, 7) is 9.59. The SMILES string of the molecule is CCNC(C)CN1CC2CCCC2C1. The Labute approximate surface area is 88.1 Å². The molecule has 3 unspecified atom stereocenters. The van der Waals surface area contributed by atoms with Crippen LogP contribution < -0.4 is 5.32 Å². The molecule has 3 atom stereocenters. The Morgan fingerprint density at radius 3 is 2.50 bits per heavy atom. The van der Waals surface area contributed by atoms with E-state index in [1.54, 1.807) is 0 Å². The average Bonchev–Trinajstić information content (AvgIpc) is 2.63. The third-order valence-electron chi connectivity index (χ3n) is 3.89. The molecule has 0 aromatic carbocycles. The summed E-state index contributed by atoms with van der Waals surface area (Å²) in [6.07, 6.45) is 4.49. The van der Waals surface area contributed by atoms with Gasteiger partial charge in [-0.05, 0) is 38.1 Å². The lowest BCUT2D eigenvalue weighted by atomic mass is 10.0. The van der Waals surface area contributed by atoms with Crippen molar-refractivity contribution in [1.29, 1.82) is 0 Å². The standard InChI is InChI=1S/C12H24N2/c1-3-13-10(2)7-14-8-11-5-4-6-12(11)9-14/h10-13H,3-9H2,1-2H3. The van der Waals surface area contributed by atoms with E-state index in [2.05, 4.69) is 24.1 Å². The van der Waals surface area contributed by atoms with Crippen LogP contribution in [-0.4, -0.2) is 37.1 Å². The fourth-order valence-corrected chi connectivity index (χ4v) is 3.28. The molecule has 1 aliphatic heterocycles. The Hall–Kier alpha value is -0.0800. The Balaban J connectivity index is 1.73. The zero-order valence-corrected chi connectivity index (χ0v) is 9.63. The van der Waals surface area contributed by atoms with E-state index in [-0.39, 0.29) is 0 Å². The number of rotatable bonds is 4. The van der Waals surface area contributed by atoms with E-state index in [9.17, 15) is 0 Å². The van der Waals surface area contributed by atoms with Crippen molar-refractivity contribution in [2.45, 2.75) is 39.2 Å². The zero-order valence-electron chi connectivity index (χ0n) is 9.63. The van der Waals surface area contributed by atoms with Crippen LogP contribution in [0.15, 0.2) is 0 Å². The normalized spacial score (nSPS) is 34.7. The first-order valence-electron chi connectivity index (χ1n) is 6.25. The summed E-state index contributed by atoms with van der Waals surface area (Å²) in [4.78, 5) is 2.67. The molecule has 1 heterocycles. The molecule has 0 aromatic heterocycles. The van der Waals surface area contributed by atoms with Crippen molar-refractivity contribution in [3.63, 3.8) is 0 Å². The molecule has 0 bridgehead atoms. The Kier molecular flexibility index (Phi) is 3.45. The Morgan fingerprint density at radius 1 is 1.29 bits per heavy atom. The fraction of sp³-hybridized carbons (Fsp3) is 1.00. The van der Waals surface area contributed by atoms with E-state index >= 15 is 0 Å². The molecule has 0 aromatic rings. The highest BCUT2D eigenvalue weighted by Crippen LogP contribution is 2.37. The molecule has 1 aliphatic carbocycles. The van der Waals surface area contributed by atoms with Crippen molar-refractivity contribution in [2.24, 2.45) is 11.8 Å². The molecule has 14 heavy (non-hydrogen) atoms. The van der Waals surface area contributed by atoms with Crippen LogP contribution in [0.25, 0.3) is 0 Å². The molecule has 2 rings (SSSR count). The van der Waals surface area contributed by atoms with Gasteiger partial charge in [-0.15, -0.1) is 0 Å². The van der Waals surface area contributed by atoms with Crippen LogP contribution in [0.4, 0.5) is 0 Å². The summed E-state index contributed by atoms with van der Waals surface area (Å²) >= 11 is 0. The van der Waals surface area contributed by atoms with Gasteiger partial charge in [-0.1, -0.05) is 13.3 Å². The number of fused-ring (bicyclic) bond motifs is 1.